The molecule has 2 aromatic carbocycles. The minimum Gasteiger partial charge on any atom is -0.378 e. The van der Waals surface area contributed by atoms with Crippen LogP contribution in [-0.4, -0.2) is 24.6 Å². The minimum atomic E-state index is -0.233. The predicted molar refractivity (Wildman–Crippen MR) is 116 cm³/mol. The average Bonchev–Trinajstić information content (AvgIpc) is 2.86. The lowest BCUT2D eigenvalue weighted by Gasteiger charge is -2.22. The standard InChI is InChI=1S/C23H28FN5/c1-15(25)23-20-7-2-17(16-8-11-27-12-9-16)14-21(20)22(10-13-29(23)26)28-19-5-3-18(24)4-6-19/h2-8,14,22,27-28H,9-13,25-26H2,1H3/p+1. The van der Waals surface area contributed by atoms with Crippen molar-refractivity contribution in [3.8, 4) is 0 Å². The number of nitrogens with two attached hydrogens (primary N) is 1. The van der Waals surface area contributed by atoms with Gasteiger partial charge in [-0.3, -0.25) is 0 Å². The molecule has 152 valence electrons. The molecule has 2 heterocycles. The average molecular weight is 395 g/mol. The molecule has 0 radical (unpaired) electrons. The first-order chi connectivity index (χ1) is 14.0. The SMILES string of the molecule is CC([NH3+])=C1c2ccc(C3=CCNCC3)cc2C(Nc2ccc(F)cc2)CCN1N. The van der Waals surface area contributed by atoms with Gasteiger partial charge >= 0.3 is 0 Å². The Kier molecular flexibility index (Phi) is 5.67. The molecule has 2 aliphatic rings. The molecule has 0 amide bonds. The van der Waals surface area contributed by atoms with E-state index in [4.69, 9.17) is 5.84 Å². The topological polar surface area (TPSA) is 81.0 Å². The zero-order valence-corrected chi connectivity index (χ0v) is 16.8. The van der Waals surface area contributed by atoms with Crippen molar-refractivity contribution in [2.75, 3.05) is 25.0 Å². The van der Waals surface area contributed by atoms with E-state index in [1.807, 2.05) is 6.92 Å². The van der Waals surface area contributed by atoms with Crippen molar-refractivity contribution in [2.45, 2.75) is 25.8 Å². The van der Waals surface area contributed by atoms with Gasteiger partial charge in [-0.05, 0) is 66.4 Å². The van der Waals surface area contributed by atoms with Gasteiger partial charge in [-0.2, -0.15) is 0 Å². The Bertz CT molecular complexity index is 944. The van der Waals surface area contributed by atoms with Crippen LogP contribution in [0.1, 0.15) is 42.5 Å². The summed E-state index contributed by atoms with van der Waals surface area (Å²) in [4.78, 5) is 0. The van der Waals surface area contributed by atoms with Crippen LogP contribution in [0, 0.1) is 5.82 Å². The predicted octanol–water partition coefficient (Wildman–Crippen LogP) is 2.87. The molecule has 2 aliphatic heterocycles. The van der Waals surface area contributed by atoms with Crippen LogP contribution in [0.25, 0.3) is 11.3 Å². The number of fused-ring (bicyclic) bond motifs is 1. The van der Waals surface area contributed by atoms with Crippen LogP contribution in [0.15, 0.2) is 54.2 Å². The molecule has 29 heavy (non-hydrogen) atoms. The first-order valence-electron chi connectivity index (χ1n) is 10.1. The molecular formula is C23H29FN5+. The Morgan fingerprint density at radius 3 is 2.72 bits per heavy atom. The summed E-state index contributed by atoms with van der Waals surface area (Å²) in [5, 5.41) is 8.77. The lowest BCUT2D eigenvalue weighted by molar-refractivity contribution is -0.301. The van der Waals surface area contributed by atoms with E-state index in [-0.39, 0.29) is 11.9 Å². The van der Waals surface area contributed by atoms with Gasteiger partial charge in [0.15, 0.2) is 0 Å². The molecule has 1 unspecified atom stereocenters. The molecule has 0 fully saturated rings. The van der Waals surface area contributed by atoms with E-state index in [2.05, 4.69) is 40.6 Å². The molecule has 0 saturated heterocycles. The van der Waals surface area contributed by atoms with E-state index in [0.717, 1.165) is 48.6 Å². The van der Waals surface area contributed by atoms with Crippen molar-refractivity contribution < 1.29 is 10.1 Å². The summed E-state index contributed by atoms with van der Waals surface area (Å²) >= 11 is 0. The highest BCUT2D eigenvalue weighted by molar-refractivity contribution is 5.74. The van der Waals surface area contributed by atoms with Crippen molar-refractivity contribution in [3.63, 3.8) is 0 Å². The quantitative estimate of drug-likeness (QED) is 0.604. The van der Waals surface area contributed by atoms with Crippen molar-refractivity contribution in [1.29, 1.82) is 0 Å². The molecule has 7 N–H and O–H groups in total. The van der Waals surface area contributed by atoms with Gasteiger partial charge in [0.2, 0.25) is 0 Å². The molecule has 5 nitrogen and oxygen atoms in total. The molecule has 0 spiro atoms. The van der Waals surface area contributed by atoms with Gasteiger partial charge in [0, 0.05) is 31.3 Å². The summed E-state index contributed by atoms with van der Waals surface area (Å²) in [6.07, 6.45) is 4.12. The molecule has 2 aromatic rings. The van der Waals surface area contributed by atoms with Gasteiger partial charge in [0.25, 0.3) is 0 Å². The van der Waals surface area contributed by atoms with Crippen LogP contribution in [0.3, 0.4) is 0 Å². The number of halogens is 1. The van der Waals surface area contributed by atoms with Crippen molar-refractivity contribution in [2.24, 2.45) is 5.84 Å². The summed E-state index contributed by atoms with van der Waals surface area (Å²) < 4.78 is 13.3. The maximum atomic E-state index is 13.3. The summed E-state index contributed by atoms with van der Waals surface area (Å²) in [6.45, 7) is 4.61. The highest BCUT2D eigenvalue weighted by Gasteiger charge is 2.27. The van der Waals surface area contributed by atoms with Crippen LogP contribution in [-0.2, 0) is 0 Å². The third kappa shape index (κ3) is 4.19. The molecule has 0 aliphatic carbocycles. The Morgan fingerprint density at radius 1 is 1.24 bits per heavy atom. The lowest BCUT2D eigenvalue weighted by Crippen LogP contribution is -2.49. The van der Waals surface area contributed by atoms with Crippen LogP contribution in [0.2, 0.25) is 0 Å². The number of hydrogen-bond donors (Lipinski definition) is 4. The van der Waals surface area contributed by atoms with E-state index >= 15 is 0 Å². The first kappa shape index (κ1) is 19.6. The zero-order chi connectivity index (χ0) is 20.4. The smallest absolute Gasteiger partial charge is 0.126 e. The number of allylic oxidation sites excluding steroid dienone is 1. The van der Waals surface area contributed by atoms with Crippen molar-refractivity contribution in [3.05, 3.63) is 76.7 Å². The fourth-order valence-electron chi connectivity index (χ4n) is 4.21. The van der Waals surface area contributed by atoms with E-state index in [1.54, 1.807) is 17.1 Å². The molecule has 0 bridgehead atoms. The Labute approximate surface area is 171 Å². The highest BCUT2D eigenvalue weighted by Crippen LogP contribution is 2.37. The molecule has 0 aromatic heterocycles. The fraction of sp³-hybridized carbons (Fsp3) is 0.304. The second kappa shape index (κ2) is 8.37. The normalized spacial score (nSPS) is 21.2. The molecule has 0 saturated carbocycles. The molecule has 4 rings (SSSR count). The van der Waals surface area contributed by atoms with Gasteiger partial charge < -0.3 is 21.4 Å². The van der Waals surface area contributed by atoms with Gasteiger partial charge in [0.1, 0.15) is 17.2 Å². The number of nitrogens with zero attached hydrogens (tertiary/aromatic N) is 1. The largest absolute Gasteiger partial charge is 0.378 e. The fourth-order valence-corrected chi connectivity index (χ4v) is 4.21. The van der Waals surface area contributed by atoms with Crippen LogP contribution in [0.5, 0.6) is 0 Å². The second-order valence-electron chi connectivity index (χ2n) is 7.80. The van der Waals surface area contributed by atoms with E-state index in [1.165, 1.54) is 28.8 Å². The maximum Gasteiger partial charge on any atom is 0.126 e. The number of hydrazine groups is 1. The van der Waals surface area contributed by atoms with Gasteiger partial charge in [-0.25, -0.2) is 10.2 Å². The molecule has 6 heteroatoms. The number of rotatable bonds is 3. The molecular weight excluding hydrogens is 365 g/mol. The number of quaternary nitrogens is 1. The summed E-state index contributed by atoms with van der Waals surface area (Å²) in [6, 6.07) is 13.2. The summed E-state index contributed by atoms with van der Waals surface area (Å²) in [7, 11) is 0. The van der Waals surface area contributed by atoms with Crippen molar-refractivity contribution >= 4 is 17.0 Å². The van der Waals surface area contributed by atoms with Crippen LogP contribution < -0.4 is 22.2 Å². The monoisotopic (exact) mass is 394 g/mol. The molecule has 1 atom stereocenters. The second-order valence-corrected chi connectivity index (χ2v) is 7.80. The maximum absolute atomic E-state index is 13.3. The van der Waals surface area contributed by atoms with E-state index in [0.29, 0.717) is 6.54 Å². The van der Waals surface area contributed by atoms with Crippen LogP contribution in [0.4, 0.5) is 10.1 Å². The van der Waals surface area contributed by atoms with Gasteiger partial charge in [-0.15, -0.1) is 0 Å². The van der Waals surface area contributed by atoms with E-state index in [9.17, 15) is 4.39 Å². The number of anilines is 1. The number of hydrogen-bond acceptors (Lipinski definition) is 4. The van der Waals surface area contributed by atoms with Crippen molar-refractivity contribution in [1.82, 2.24) is 10.3 Å². The third-order valence-electron chi connectivity index (χ3n) is 5.65. The number of benzene rings is 2. The Hall–Kier alpha value is -2.67. The summed E-state index contributed by atoms with van der Waals surface area (Å²) in [5.41, 5.74) is 11.9. The Balaban J connectivity index is 1.79. The minimum absolute atomic E-state index is 0.0700. The Morgan fingerprint density at radius 2 is 2.03 bits per heavy atom. The first-order valence-corrected chi connectivity index (χ1v) is 10.1. The van der Waals surface area contributed by atoms with Crippen LogP contribution >= 0.6 is 0 Å². The van der Waals surface area contributed by atoms with Gasteiger partial charge in [0.05, 0.1) is 6.04 Å². The van der Waals surface area contributed by atoms with Gasteiger partial charge in [-0.1, -0.05) is 18.2 Å². The zero-order valence-electron chi connectivity index (χ0n) is 16.8. The number of nitrogens with one attached hydrogen (secondary N) is 2. The van der Waals surface area contributed by atoms with E-state index < -0.39 is 0 Å². The third-order valence-corrected chi connectivity index (χ3v) is 5.65. The lowest BCUT2D eigenvalue weighted by atomic mass is 9.91. The summed E-state index contributed by atoms with van der Waals surface area (Å²) in [5.74, 6) is 6.16. The highest BCUT2D eigenvalue weighted by atomic mass is 19.1.